The van der Waals surface area contributed by atoms with E-state index in [0.29, 0.717) is 0 Å². The molecular weight excluding hydrogens is 235 g/mol. The first kappa shape index (κ1) is 9.41. The summed E-state index contributed by atoms with van der Waals surface area (Å²) in [5.41, 5.74) is 1.30. The van der Waals surface area contributed by atoms with Crippen LogP contribution in [0.3, 0.4) is 0 Å². The van der Waals surface area contributed by atoms with Crippen molar-refractivity contribution in [2.24, 2.45) is 0 Å². The van der Waals surface area contributed by atoms with Crippen LogP contribution in [0.25, 0.3) is 10.8 Å². The van der Waals surface area contributed by atoms with E-state index in [1.807, 2.05) is 12.1 Å². The Morgan fingerprint density at radius 1 is 1.08 bits per heavy atom. The molecular formula is C11H9Rh-. The average Bonchev–Trinajstić information content (AvgIpc) is 2.04. The Hall–Kier alpha value is -0.677. The second-order valence-electron chi connectivity index (χ2n) is 2.78. The zero-order valence-corrected chi connectivity index (χ0v) is 8.44. The van der Waals surface area contributed by atoms with Crippen LogP contribution in [0.4, 0.5) is 0 Å². The molecule has 1 heteroatoms. The van der Waals surface area contributed by atoms with Crippen LogP contribution in [-0.4, -0.2) is 0 Å². The van der Waals surface area contributed by atoms with Gasteiger partial charge in [-0.3, -0.25) is 0 Å². The van der Waals surface area contributed by atoms with Gasteiger partial charge in [0.05, 0.1) is 0 Å². The van der Waals surface area contributed by atoms with Crippen LogP contribution in [0.1, 0.15) is 5.56 Å². The zero-order valence-electron chi connectivity index (χ0n) is 6.80. The van der Waals surface area contributed by atoms with Gasteiger partial charge in [0, 0.05) is 19.5 Å². The third kappa shape index (κ3) is 1.73. The van der Waals surface area contributed by atoms with E-state index in [4.69, 9.17) is 0 Å². The van der Waals surface area contributed by atoms with Gasteiger partial charge in [-0.05, 0) is 6.92 Å². The maximum Gasteiger partial charge on any atom is 0 e. The van der Waals surface area contributed by atoms with Crippen molar-refractivity contribution in [1.82, 2.24) is 0 Å². The van der Waals surface area contributed by atoms with Crippen LogP contribution in [0, 0.1) is 13.0 Å². The Morgan fingerprint density at radius 3 is 2.75 bits per heavy atom. The number of rotatable bonds is 0. The van der Waals surface area contributed by atoms with E-state index in [-0.39, 0.29) is 19.5 Å². The Balaban J connectivity index is 0.000000720. The van der Waals surface area contributed by atoms with Crippen molar-refractivity contribution >= 4 is 10.8 Å². The molecule has 2 aromatic carbocycles. The van der Waals surface area contributed by atoms with Crippen molar-refractivity contribution in [1.29, 1.82) is 0 Å². The summed E-state index contributed by atoms with van der Waals surface area (Å²) in [5, 5.41) is 2.56. The van der Waals surface area contributed by atoms with Gasteiger partial charge in [0.25, 0.3) is 0 Å². The molecule has 0 aliphatic heterocycles. The predicted octanol–water partition coefficient (Wildman–Crippen LogP) is 2.95. The summed E-state index contributed by atoms with van der Waals surface area (Å²) < 4.78 is 0. The smallest absolute Gasteiger partial charge is 0 e. The van der Waals surface area contributed by atoms with E-state index >= 15 is 0 Å². The summed E-state index contributed by atoms with van der Waals surface area (Å²) in [6.45, 7) is 2.10. The normalized spacial score (nSPS) is 9.42. The van der Waals surface area contributed by atoms with Crippen LogP contribution in [-0.2, 0) is 19.5 Å². The summed E-state index contributed by atoms with van der Waals surface area (Å²) >= 11 is 0. The molecule has 0 unspecified atom stereocenters. The third-order valence-electron chi connectivity index (χ3n) is 1.84. The minimum Gasteiger partial charge on any atom is -0.183 e. The number of hydrogen-bond donors (Lipinski definition) is 0. The molecule has 0 nitrogen and oxygen atoms in total. The summed E-state index contributed by atoms with van der Waals surface area (Å²) in [5.74, 6) is 0. The van der Waals surface area contributed by atoms with Gasteiger partial charge >= 0.3 is 0 Å². The Morgan fingerprint density at radius 2 is 1.92 bits per heavy atom. The fourth-order valence-corrected chi connectivity index (χ4v) is 1.25. The van der Waals surface area contributed by atoms with Crippen molar-refractivity contribution in [3.63, 3.8) is 0 Å². The summed E-state index contributed by atoms with van der Waals surface area (Å²) in [6.07, 6.45) is 0. The molecule has 12 heavy (non-hydrogen) atoms. The van der Waals surface area contributed by atoms with Gasteiger partial charge in [-0.2, -0.15) is 24.3 Å². The molecule has 2 rings (SSSR count). The van der Waals surface area contributed by atoms with E-state index < -0.39 is 0 Å². The fourth-order valence-electron chi connectivity index (χ4n) is 1.25. The monoisotopic (exact) mass is 244 g/mol. The van der Waals surface area contributed by atoms with Crippen LogP contribution in [0.15, 0.2) is 36.4 Å². The molecule has 0 heterocycles. The van der Waals surface area contributed by atoms with Gasteiger partial charge in [0.2, 0.25) is 0 Å². The van der Waals surface area contributed by atoms with E-state index in [9.17, 15) is 0 Å². The average molecular weight is 244 g/mol. The largest absolute Gasteiger partial charge is 0.183 e. The van der Waals surface area contributed by atoms with Gasteiger partial charge in [0.1, 0.15) is 0 Å². The Kier molecular flexibility index (Phi) is 3.00. The standard InChI is InChI=1S/C11H9.Rh/c1-9-6-7-10-4-2-3-5-11(10)8-9;/h2,4-8H,1H3;/q-1;. The fraction of sp³-hybridized carbons (Fsp3) is 0.0909. The van der Waals surface area contributed by atoms with Gasteiger partial charge in [-0.15, -0.1) is 16.8 Å². The van der Waals surface area contributed by atoms with Crippen LogP contribution >= 0.6 is 0 Å². The summed E-state index contributed by atoms with van der Waals surface area (Å²) in [6, 6.07) is 15.5. The molecule has 1 radical (unpaired) electrons. The van der Waals surface area contributed by atoms with Crippen LogP contribution in [0.2, 0.25) is 0 Å². The summed E-state index contributed by atoms with van der Waals surface area (Å²) in [4.78, 5) is 0. The van der Waals surface area contributed by atoms with E-state index in [1.54, 1.807) is 0 Å². The molecule has 0 saturated carbocycles. The Bertz CT molecular complexity index is 379. The first-order chi connectivity index (χ1) is 5.36. The zero-order chi connectivity index (χ0) is 7.68. The van der Waals surface area contributed by atoms with E-state index in [2.05, 4.69) is 37.3 Å². The van der Waals surface area contributed by atoms with E-state index in [1.165, 1.54) is 16.3 Å². The van der Waals surface area contributed by atoms with Gasteiger partial charge in [-0.25, -0.2) is 0 Å². The van der Waals surface area contributed by atoms with Crippen LogP contribution < -0.4 is 0 Å². The SMILES string of the molecule is Cc1ccc2cc[c-]cc2c1.[Rh]. The van der Waals surface area contributed by atoms with Crippen molar-refractivity contribution in [3.8, 4) is 0 Å². The van der Waals surface area contributed by atoms with Gasteiger partial charge in [0.15, 0.2) is 0 Å². The molecule has 0 atom stereocenters. The number of benzene rings is 2. The van der Waals surface area contributed by atoms with Crippen molar-refractivity contribution in [3.05, 3.63) is 48.0 Å². The predicted molar refractivity (Wildman–Crippen MR) is 47.5 cm³/mol. The number of aryl methyl sites for hydroxylation is 1. The molecule has 0 saturated heterocycles. The minimum atomic E-state index is 0. The molecule has 0 N–H and O–H groups in total. The van der Waals surface area contributed by atoms with Crippen molar-refractivity contribution in [2.45, 2.75) is 6.92 Å². The maximum atomic E-state index is 3.06. The molecule has 2 aromatic rings. The molecule has 0 aliphatic carbocycles. The van der Waals surface area contributed by atoms with Crippen molar-refractivity contribution in [2.75, 3.05) is 0 Å². The third-order valence-corrected chi connectivity index (χ3v) is 1.84. The first-order valence-corrected chi connectivity index (χ1v) is 3.73. The van der Waals surface area contributed by atoms with Crippen molar-refractivity contribution < 1.29 is 19.5 Å². The molecule has 63 valence electrons. The molecule has 0 bridgehead atoms. The molecule has 0 spiro atoms. The number of fused-ring (bicyclic) bond motifs is 1. The molecule has 0 amide bonds. The molecule has 0 aliphatic rings. The second kappa shape index (κ2) is 3.82. The molecule has 0 fully saturated rings. The second-order valence-corrected chi connectivity index (χ2v) is 2.78. The minimum absolute atomic E-state index is 0. The topological polar surface area (TPSA) is 0 Å². The van der Waals surface area contributed by atoms with Gasteiger partial charge < -0.3 is 0 Å². The number of hydrogen-bond acceptors (Lipinski definition) is 0. The summed E-state index contributed by atoms with van der Waals surface area (Å²) in [7, 11) is 0. The molecule has 0 aromatic heterocycles. The first-order valence-electron chi connectivity index (χ1n) is 3.73. The van der Waals surface area contributed by atoms with Gasteiger partial charge in [-0.1, -0.05) is 17.7 Å². The quantitative estimate of drug-likeness (QED) is 0.493. The maximum absolute atomic E-state index is 3.06. The van der Waals surface area contributed by atoms with Crippen LogP contribution in [0.5, 0.6) is 0 Å². The Labute approximate surface area is 85.4 Å². The van der Waals surface area contributed by atoms with E-state index in [0.717, 1.165) is 0 Å².